The van der Waals surface area contributed by atoms with Gasteiger partial charge in [0, 0.05) is 5.56 Å². The summed E-state index contributed by atoms with van der Waals surface area (Å²) >= 11 is 0. The number of rotatable bonds is 5. The number of hydrogen-bond donors (Lipinski definition) is 2. The molecule has 0 aliphatic rings. The zero-order chi connectivity index (χ0) is 18.9. The van der Waals surface area contributed by atoms with Gasteiger partial charge in [0.15, 0.2) is 0 Å². The molecule has 2 rings (SSSR count). The van der Waals surface area contributed by atoms with E-state index < -0.39 is 6.36 Å². The molecule has 0 aliphatic heterocycles. The average molecular weight is 357 g/mol. The Balaban J connectivity index is 0.000000970. The Hall–Kier alpha value is -3.17. The van der Waals surface area contributed by atoms with Crippen molar-refractivity contribution in [3.05, 3.63) is 41.7 Å². The number of aryl methyl sites for hydroxylation is 1. The predicted molar refractivity (Wildman–Crippen MR) is 80.5 cm³/mol. The molecule has 0 saturated carbocycles. The van der Waals surface area contributed by atoms with Crippen LogP contribution in [0.5, 0.6) is 5.75 Å². The van der Waals surface area contributed by atoms with Crippen LogP contribution in [0.25, 0.3) is 11.1 Å². The summed E-state index contributed by atoms with van der Waals surface area (Å²) in [6, 6.07) is 5.76. The lowest BCUT2D eigenvalue weighted by atomic mass is 10.0. The van der Waals surface area contributed by atoms with Gasteiger partial charge in [-0.15, -0.1) is 13.2 Å². The van der Waals surface area contributed by atoms with Gasteiger partial charge in [0.1, 0.15) is 5.75 Å². The second-order valence-corrected chi connectivity index (χ2v) is 4.56. The van der Waals surface area contributed by atoms with Crippen LogP contribution in [-0.4, -0.2) is 34.5 Å². The highest BCUT2D eigenvalue weighted by Gasteiger charge is 2.31. The first kappa shape index (κ1) is 19.9. The Labute approximate surface area is 140 Å². The minimum Gasteiger partial charge on any atom is -0.483 e. The third kappa shape index (κ3) is 6.85. The number of ether oxygens (including phenoxy) is 1. The molecule has 0 spiro atoms. The highest BCUT2D eigenvalue weighted by molar-refractivity contribution is 5.67. The van der Waals surface area contributed by atoms with E-state index in [9.17, 15) is 18.0 Å². The molecule has 0 bridgehead atoms. The van der Waals surface area contributed by atoms with E-state index in [4.69, 9.17) is 9.90 Å². The lowest BCUT2D eigenvalue weighted by molar-refractivity contribution is -0.274. The van der Waals surface area contributed by atoms with Gasteiger partial charge in [-0.3, -0.25) is 9.59 Å². The summed E-state index contributed by atoms with van der Waals surface area (Å²) in [4.78, 5) is 18.6. The zero-order valence-corrected chi connectivity index (χ0v) is 12.9. The molecule has 10 heteroatoms. The molecule has 1 aromatic heterocycles. The van der Waals surface area contributed by atoms with Crippen LogP contribution in [-0.2, 0) is 16.1 Å². The fraction of sp³-hybridized carbons (Fsp3) is 0.200. The zero-order valence-electron chi connectivity index (χ0n) is 12.9. The molecule has 2 aromatic rings. The number of carboxylic acid groups (broad SMARTS) is 1. The van der Waals surface area contributed by atoms with Crippen molar-refractivity contribution >= 4 is 12.9 Å². The van der Waals surface area contributed by atoms with E-state index in [1.165, 1.54) is 24.4 Å². The number of amides is 1. The maximum Gasteiger partial charge on any atom is 0.573 e. The molecule has 0 saturated heterocycles. The van der Waals surface area contributed by atoms with Gasteiger partial charge in [0.2, 0.25) is 6.41 Å². The van der Waals surface area contributed by atoms with E-state index in [1.807, 2.05) is 0 Å². The number of carbonyl (C=O) groups excluding carboxylic acids is 1. The maximum atomic E-state index is 12.2. The average Bonchev–Trinajstić information content (AvgIpc) is 2.52. The third-order valence-electron chi connectivity index (χ3n) is 2.81. The molecule has 134 valence electrons. The SMILES string of the molecule is Cc1cc(OC(F)(F)F)ccc1-c1cnnc(CNC=O)c1.O=CO. The maximum absolute atomic E-state index is 12.2. The molecule has 1 heterocycles. The number of alkyl halides is 3. The van der Waals surface area contributed by atoms with E-state index in [-0.39, 0.29) is 18.8 Å². The molecule has 0 fully saturated rings. The summed E-state index contributed by atoms with van der Waals surface area (Å²) in [5.74, 6) is -0.279. The van der Waals surface area contributed by atoms with E-state index in [0.29, 0.717) is 28.8 Å². The molecule has 1 aromatic carbocycles. The Morgan fingerprint density at radius 2 is 1.96 bits per heavy atom. The third-order valence-corrected chi connectivity index (χ3v) is 2.81. The molecule has 0 aliphatic carbocycles. The molecule has 25 heavy (non-hydrogen) atoms. The van der Waals surface area contributed by atoms with Gasteiger partial charge in [-0.05, 0) is 36.2 Å². The highest BCUT2D eigenvalue weighted by Crippen LogP contribution is 2.29. The Morgan fingerprint density at radius 3 is 2.52 bits per heavy atom. The summed E-state index contributed by atoms with van der Waals surface area (Å²) in [7, 11) is 0. The van der Waals surface area contributed by atoms with E-state index in [0.717, 1.165) is 0 Å². The first-order valence-electron chi connectivity index (χ1n) is 6.74. The van der Waals surface area contributed by atoms with Crippen molar-refractivity contribution in [1.29, 1.82) is 0 Å². The quantitative estimate of drug-likeness (QED) is 0.796. The van der Waals surface area contributed by atoms with E-state index >= 15 is 0 Å². The minimum atomic E-state index is -4.72. The molecule has 0 atom stereocenters. The van der Waals surface area contributed by atoms with Crippen molar-refractivity contribution in [1.82, 2.24) is 15.5 Å². The molecular formula is C15H14F3N3O4. The summed E-state index contributed by atoms with van der Waals surface area (Å²) in [5.41, 5.74) is 2.54. The normalized spacial score (nSPS) is 10.2. The second kappa shape index (κ2) is 9.21. The van der Waals surface area contributed by atoms with Gasteiger partial charge in [0.25, 0.3) is 6.47 Å². The standard InChI is InChI=1S/C14H12F3N3O2.CH2O2/c1-9-4-12(22-14(15,16)17)2-3-13(9)10-5-11(7-18-8-21)20-19-6-10;2-1-3/h2-6,8H,7H2,1H3,(H,18,21);1H,(H,2,3). The summed E-state index contributed by atoms with van der Waals surface area (Å²) in [5, 5.41) is 17.0. The monoisotopic (exact) mass is 357 g/mol. The summed E-state index contributed by atoms with van der Waals surface area (Å²) < 4.78 is 40.4. The van der Waals surface area contributed by atoms with Crippen molar-refractivity contribution in [2.75, 3.05) is 0 Å². The molecular weight excluding hydrogens is 343 g/mol. The van der Waals surface area contributed by atoms with Crippen LogP contribution in [0, 0.1) is 6.92 Å². The highest BCUT2D eigenvalue weighted by atomic mass is 19.4. The minimum absolute atomic E-state index is 0.221. The number of aromatic nitrogens is 2. The number of carbonyl (C=O) groups is 2. The lowest BCUT2D eigenvalue weighted by Crippen LogP contribution is -2.17. The van der Waals surface area contributed by atoms with Crippen molar-refractivity contribution < 1.29 is 32.6 Å². The van der Waals surface area contributed by atoms with Crippen LogP contribution in [0.2, 0.25) is 0 Å². The van der Waals surface area contributed by atoms with Crippen molar-refractivity contribution in [2.45, 2.75) is 19.8 Å². The fourth-order valence-corrected chi connectivity index (χ4v) is 1.95. The van der Waals surface area contributed by atoms with E-state index in [2.05, 4.69) is 20.3 Å². The predicted octanol–water partition coefficient (Wildman–Crippen LogP) is 2.30. The summed E-state index contributed by atoms with van der Waals surface area (Å²) in [6.07, 6.45) is -2.68. The number of benzene rings is 1. The molecule has 1 amide bonds. The number of halogens is 3. The van der Waals surface area contributed by atoms with Gasteiger partial charge in [-0.2, -0.15) is 10.2 Å². The van der Waals surface area contributed by atoms with Crippen LogP contribution < -0.4 is 10.1 Å². The molecule has 0 radical (unpaired) electrons. The largest absolute Gasteiger partial charge is 0.573 e. The fourth-order valence-electron chi connectivity index (χ4n) is 1.95. The van der Waals surface area contributed by atoms with Crippen LogP contribution >= 0.6 is 0 Å². The topological polar surface area (TPSA) is 101 Å². The van der Waals surface area contributed by atoms with Gasteiger partial charge in [-0.25, -0.2) is 0 Å². The van der Waals surface area contributed by atoms with E-state index in [1.54, 1.807) is 13.0 Å². The smallest absolute Gasteiger partial charge is 0.483 e. The van der Waals surface area contributed by atoms with Crippen LogP contribution in [0.15, 0.2) is 30.5 Å². The molecule has 0 unspecified atom stereocenters. The Morgan fingerprint density at radius 1 is 1.28 bits per heavy atom. The lowest BCUT2D eigenvalue weighted by Gasteiger charge is -2.12. The van der Waals surface area contributed by atoms with Crippen LogP contribution in [0.4, 0.5) is 13.2 Å². The van der Waals surface area contributed by atoms with Gasteiger partial charge < -0.3 is 15.2 Å². The van der Waals surface area contributed by atoms with Crippen molar-refractivity contribution in [3.8, 4) is 16.9 Å². The molecule has 7 nitrogen and oxygen atoms in total. The number of nitrogens with zero attached hydrogens (tertiary/aromatic N) is 2. The number of hydrogen-bond acceptors (Lipinski definition) is 5. The summed E-state index contributed by atoms with van der Waals surface area (Å²) in [6.45, 7) is 1.64. The molecule has 2 N–H and O–H groups in total. The first-order chi connectivity index (χ1) is 11.8. The number of nitrogens with one attached hydrogen (secondary N) is 1. The Kier molecular flexibility index (Phi) is 7.32. The van der Waals surface area contributed by atoms with Gasteiger partial charge in [-0.1, -0.05) is 6.07 Å². The van der Waals surface area contributed by atoms with Crippen LogP contribution in [0.3, 0.4) is 0 Å². The van der Waals surface area contributed by atoms with Gasteiger partial charge >= 0.3 is 6.36 Å². The van der Waals surface area contributed by atoms with Crippen molar-refractivity contribution in [3.63, 3.8) is 0 Å². The Bertz CT molecular complexity index is 723. The van der Waals surface area contributed by atoms with Crippen molar-refractivity contribution in [2.24, 2.45) is 0 Å². The first-order valence-corrected chi connectivity index (χ1v) is 6.74. The second-order valence-electron chi connectivity index (χ2n) is 4.56. The van der Waals surface area contributed by atoms with Gasteiger partial charge in [0.05, 0.1) is 18.4 Å². The van der Waals surface area contributed by atoms with Crippen LogP contribution in [0.1, 0.15) is 11.3 Å².